The van der Waals surface area contributed by atoms with Gasteiger partial charge in [0.05, 0.1) is 65.4 Å². The van der Waals surface area contributed by atoms with Crippen molar-refractivity contribution in [2.45, 2.75) is 27.7 Å². The number of fused-ring (bicyclic) bond motifs is 1. The average molecular weight is 488 g/mol. The fourth-order valence-electron chi connectivity index (χ4n) is 4.66. The summed E-state index contributed by atoms with van der Waals surface area (Å²) in [5.41, 5.74) is 5.20. The Labute approximate surface area is 208 Å². The van der Waals surface area contributed by atoms with Gasteiger partial charge in [-0.15, -0.1) is 0 Å². The quantitative estimate of drug-likeness (QED) is 0.429. The lowest BCUT2D eigenvalue weighted by Gasteiger charge is -2.45. The smallest absolute Gasteiger partial charge is 0.259 e. The van der Waals surface area contributed by atoms with Crippen LogP contribution in [0.2, 0.25) is 0 Å². The molecule has 5 rings (SSSR count). The molecule has 0 aliphatic carbocycles. The molecule has 0 saturated carbocycles. The number of aromatic nitrogens is 6. The van der Waals surface area contributed by atoms with Crippen molar-refractivity contribution in [3.8, 4) is 11.3 Å². The Balaban J connectivity index is 1.32. The van der Waals surface area contributed by atoms with Crippen LogP contribution in [-0.4, -0.2) is 65.7 Å². The summed E-state index contributed by atoms with van der Waals surface area (Å²) in [4.78, 5) is 36.8. The number of hydrogen-bond donors (Lipinski definition) is 2. The monoisotopic (exact) mass is 487 g/mol. The molecular formula is C25H29N9O2. The average Bonchev–Trinajstić information content (AvgIpc) is 3.41. The number of carbonyl (C=O) groups is 2. The number of amides is 2. The van der Waals surface area contributed by atoms with Crippen LogP contribution in [-0.2, 0) is 11.8 Å². The predicted molar refractivity (Wildman–Crippen MR) is 136 cm³/mol. The van der Waals surface area contributed by atoms with E-state index >= 15 is 0 Å². The fourth-order valence-corrected chi connectivity index (χ4v) is 4.66. The summed E-state index contributed by atoms with van der Waals surface area (Å²) in [7, 11) is 1.84. The van der Waals surface area contributed by atoms with E-state index in [1.807, 2.05) is 20.2 Å². The summed E-state index contributed by atoms with van der Waals surface area (Å²) in [5.74, 6) is -0.442. The van der Waals surface area contributed by atoms with Crippen molar-refractivity contribution < 1.29 is 9.59 Å². The van der Waals surface area contributed by atoms with Crippen LogP contribution in [0.1, 0.15) is 35.6 Å². The third-order valence-electron chi connectivity index (χ3n) is 6.21. The van der Waals surface area contributed by atoms with E-state index < -0.39 is 0 Å². The van der Waals surface area contributed by atoms with Crippen LogP contribution in [0.15, 0.2) is 37.1 Å². The number of pyridine rings is 1. The molecule has 4 aromatic rings. The van der Waals surface area contributed by atoms with Crippen molar-refractivity contribution >= 4 is 28.7 Å². The Morgan fingerprint density at radius 3 is 2.50 bits per heavy atom. The normalized spacial score (nSPS) is 15.0. The van der Waals surface area contributed by atoms with Crippen LogP contribution >= 0.6 is 0 Å². The van der Waals surface area contributed by atoms with Crippen LogP contribution in [0.4, 0.5) is 11.4 Å². The van der Waals surface area contributed by atoms with Gasteiger partial charge in [-0.2, -0.15) is 10.2 Å². The number of aryl methyl sites for hydroxylation is 3. The van der Waals surface area contributed by atoms with Crippen LogP contribution in [0.5, 0.6) is 0 Å². The minimum absolute atomic E-state index is 0.109. The van der Waals surface area contributed by atoms with E-state index in [0.717, 1.165) is 18.7 Å². The first-order valence-electron chi connectivity index (χ1n) is 11.7. The van der Waals surface area contributed by atoms with Crippen LogP contribution in [0.3, 0.4) is 0 Å². The zero-order valence-electron chi connectivity index (χ0n) is 21.0. The van der Waals surface area contributed by atoms with Crippen molar-refractivity contribution in [3.05, 3.63) is 54.0 Å². The van der Waals surface area contributed by atoms with Gasteiger partial charge >= 0.3 is 0 Å². The molecule has 36 heavy (non-hydrogen) atoms. The minimum Gasteiger partial charge on any atom is -0.324 e. The maximum absolute atomic E-state index is 13.2. The Hall–Kier alpha value is -4.12. The summed E-state index contributed by atoms with van der Waals surface area (Å²) >= 11 is 0. The lowest BCUT2D eigenvalue weighted by Crippen LogP contribution is -2.54. The SMILES string of the molecule is Cc1ncc(NC(=O)CN2CC(C)(C)C2)cc1NC(=O)c1cnn2cc(-c3cnn(C)c3)nc(C)c12. The molecule has 2 amide bonds. The third-order valence-corrected chi connectivity index (χ3v) is 6.21. The van der Waals surface area contributed by atoms with Crippen LogP contribution in [0, 0.1) is 19.3 Å². The number of carbonyl (C=O) groups excluding carboxylic acids is 2. The van der Waals surface area contributed by atoms with E-state index in [2.05, 4.69) is 49.5 Å². The highest BCUT2D eigenvalue weighted by atomic mass is 16.2. The minimum atomic E-state index is -0.333. The van der Waals surface area contributed by atoms with E-state index in [9.17, 15) is 9.59 Å². The molecule has 1 saturated heterocycles. The summed E-state index contributed by atoms with van der Waals surface area (Å²) in [6.07, 6.45) is 8.49. The van der Waals surface area contributed by atoms with Gasteiger partial charge in [-0.25, -0.2) is 9.50 Å². The molecule has 1 aliphatic heterocycles. The van der Waals surface area contributed by atoms with Gasteiger partial charge in [0, 0.05) is 31.9 Å². The van der Waals surface area contributed by atoms with Gasteiger partial charge in [0.25, 0.3) is 5.91 Å². The highest BCUT2D eigenvalue weighted by Gasteiger charge is 2.34. The maximum atomic E-state index is 13.2. The van der Waals surface area contributed by atoms with E-state index in [-0.39, 0.29) is 17.2 Å². The lowest BCUT2D eigenvalue weighted by molar-refractivity contribution is -0.120. The molecule has 186 valence electrons. The number of hydrogen-bond acceptors (Lipinski definition) is 7. The van der Waals surface area contributed by atoms with Crippen molar-refractivity contribution in [3.63, 3.8) is 0 Å². The Morgan fingerprint density at radius 1 is 1.03 bits per heavy atom. The first-order valence-corrected chi connectivity index (χ1v) is 11.7. The van der Waals surface area contributed by atoms with Crippen LogP contribution in [0.25, 0.3) is 16.8 Å². The molecule has 1 fully saturated rings. The first kappa shape index (κ1) is 23.6. The summed E-state index contributed by atoms with van der Waals surface area (Å²) < 4.78 is 3.36. The Morgan fingerprint density at radius 2 is 1.81 bits per heavy atom. The first-order chi connectivity index (χ1) is 17.1. The molecule has 5 heterocycles. The van der Waals surface area contributed by atoms with E-state index in [1.54, 1.807) is 40.8 Å². The molecule has 0 spiro atoms. The number of likely N-dealkylation sites (tertiary alicyclic amines) is 1. The van der Waals surface area contributed by atoms with Gasteiger partial charge in [0.2, 0.25) is 5.91 Å². The number of nitrogens with zero attached hydrogens (tertiary/aromatic N) is 7. The molecule has 0 bridgehead atoms. The molecule has 11 nitrogen and oxygen atoms in total. The van der Waals surface area contributed by atoms with Gasteiger partial charge in [0.1, 0.15) is 5.52 Å². The van der Waals surface area contributed by atoms with Gasteiger partial charge in [-0.3, -0.25) is 24.2 Å². The second-order valence-corrected chi connectivity index (χ2v) is 10.1. The number of nitrogens with one attached hydrogen (secondary N) is 2. The molecule has 0 radical (unpaired) electrons. The fraction of sp³-hybridized carbons (Fsp3) is 0.360. The van der Waals surface area contributed by atoms with Crippen LogP contribution < -0.4 is 10.6 Å². The molecule has 1 aliphatic rings. The van der Waals surface area contributed by atoms with E-state index in [4.69, 9.17) is 0 Å². The summed E-state index contributed by atoms with van der Waals surface area (Å²) in [5, 5.41) is 14.4. The molecule has 0 aromatic carbocycles. The molecular weight excluding hydrogens is 458 g/mol. The van der Waals surface area contributed by atoms with Crippen molar-refractivity contribution in [1.29, 1.82) is 0 Å². The number of rotatable bonds is 6. The summed E-state index contributed by atoms with van der Waals surface area (Å²) in [6.45, 7) is 10.1. The largest absolute Gasteiger partial charge is 0.324 e. The van der Waals surface area contributed by atoms with Gasteiger partial charge in [0.15, 0.2) is 0 Å². The van der Waals surface area contributed by atoms with E-state index in [1.165, 1.54) is 6.20 Å². The standard InChI is InChI=1S/C25H29N9O2/c1-15-20(6-18(8-26-15)30-22(35)12-33-13-25(3,4)14-33)31-24(36)19-9-28-34-11-21(29-16(2)23(19)34)17-7-27-32(5)10-17/h6-11H,12-14H2,1-5H3,(H,30,35)(H,31,36). The zero-order chi connectivity index (χ0) is 25.6. The van der Waals surface area contributed by atoms with E-state index in [0.29, 0.717) is 46.1 Å². The van der Waals surface area contributed by atoms with Crippen molar-refractivity contribution in [2.75, 3.05) is 30.3 Å². The highest BCUT2D eigenvalue weighted by Crippen LogP contribution is 2.28. The maximum Gasteiger partial charge on any atom is 0.259 e. The van der Waals surface area contributed by atoms with Gasteiger partial charge in [-0.1, -0.05) is 13.8 Å². The Kier molecular flexibility index (Phi) is 5.79. The molecule has 0 unspecified atom stereocenters. The second-order valence-electron chi connectivity index (χ2n) is 10.1. The van der Waals surface area contributed by atoms with Gasteiger partial charge in [-0.05, 0) is 25.3 Å². The van der Waals surface area contributed by atoms with Crippen molar-refractivity contribution in [2.24, 2.45) is 12.5 Å². The highest BCUT2D eigenvalue weighted by molar-refractivity contribution is 6.09. The lowest BCUT2D eigenvalue weighted by atomic mass is 9.84. The van der Waals surface area contributed by atoms with Gasteiger partial charge < -0.3 is 10.6 Å². The number of anilines is 2. The summed E-state index contributed by atoms with van der Waals surface area (Å²) in [6, 6.07) is 1.72. The topological polar surface area (TPSA) is 122 Å². The molecule has 0 atom stereocenters. The zero-order valence-corrected chi connectivity index (χ0v) is 21.0. The molecule has 2 N–H and O–H groups in total. The molecule has 4 aromatic heterocycles. The Bertz CT molecular complexity index is 1480. The van der Waals surface area contributed by atoms with Crippen molar-refractivity contribution in [1.82, 2.24) is 34.3 Å². The second kappa shape index (κ2) is 8.83. The third kappa shape index (κ3) is 4.69. The molecule has 11 heteroatoms. The predicted octanol–water partition coefficient (Wildman–Crippen LogP) is 2.67.